The van der Waals surface area contributed by atoms with Crippen LogP contribution >= 0.6 is 0 Å². The van der Waals surface area contributed by atoms with E-state index in [2.05, 4.69) is 15.3 Å². The third-order valence-electron chi connectivity index (χ3n) is 3.91. The summed E-state index contributed by atoms with van der Waals surface area (Å²) in [6, 6.07) is -0.500. The van der Waals surface area contributed by atoms with Gasteiger partial charge in [0.2, 0.25) is 0 Å². The molecule has 0 unspecified atom stereocenters. The number of aliphatic hydroxyl groups is 1. The number of nitrogens with one attached hydrogen (secondary N) is 1. The van der Waals surface area contributed by atoms with Crippen LogP contribution < -0.4 is 11.2 Å². The maximum absolute atomic E-state index is 12.0. The molecule has 0 aliphatic carbocycles. The molecule has 0 bridgehead atoms. The Morgan fingerprint density at radius 2 is 2.21 bits per heavy atom. The molecule has 3 rings (SSSR count). The second-order valence-corrected chi connectivity index (χ2v) is 5.48. The first-order valence-corrected chi connectivity index (χ1v) is 7.14. The Hall–Kier alpha value is -2.79. The zero-order valence-corrected chi connectivity index (χ0v) is 12.6. The predicted octanol–water partition coefficient (Wildman–Crippen LogP) is -1.34. The van der Waals surface area contributed by atoms with Gasteiger partial charge in [-0.05, 0) is 6.92 Å². The summed E-state index contributed by atoms with van der Waals surface area (Å²) in [5.74, 6) is -1.22. The lowest BCUT2D eigenvalue weighted by Crippen LogP contribution is -2.33. The number of aromatic carboxylic acids is 1. The lowest BCUT2D eigenvalue weighted by atomic mass is 10.1. The number of hydrogen-bond acceptors (Lipinski definition) is 7. The van der Waals surface area contributed by atoms with Gasteiger partial charge in [0.25, 0.3) is 5.56 Å². The van der Waals surface area contributed by atoms with Gasteiger partial charge in [0, 0.05) is 18.2 Å². The molecule has 1 aliphatic rings. The molecule has 2 aromatic rings. The van der Waals surface area contributed by atoms with E-state index in [4.69, 9.17) is 9.84 Å². The second-order valence-electron chi connectivity index (χ2n) is 5.48. The van der Waals surface area contributed by atoms with Gasteiger partial charge in [-0.3, -0.25) is 14.3 Å². The van der Waals surface area contributed by atoms with Crippen LogP contribution in [-0.2, 0) is 4.74 Å². The van der Waals surface area contributed by atoms with Crippen molar-refractivity contribution in [3.05, 3.63) is 44.5 Å². The molecule has 0 spiro atoms. The molecule has 2 aromatic heterocycles. The number of H-pyrrole nitrogens is 1. The van der Waals surface area contributed by atoms with Gasteiger partial charge in [0.15, 0.2) is 5.69 Å². The Kier molecular flexibility index (Phi) is 4.03. The molecule has 1 saturated heterocycles. The Morgan fingerprint density at radius 3 is 2.83 bits per heavy atom. The molecule has 11 nitrogen and oxygen atoms in total. The zero-order valence-electron chi connectivity index (χ0n) is 12.6. The van der Waals surface area contributed by atoms with Gasteiger partial charge >= 0.3 is 11.7 Å². The van der Waals surface area contributed by atoms with Crippen molar-refractivity contribution >= 4 is 5.97 Å². The van der Waals surface area contributed by atoms with Crippen LogP contribution in [0.15, 0.2) is 22.0 Å². The van der Waals surface area contributed by atoms with Gasteiger partial charge in [-0.2, -0.15) is 0 Å². The van der Waals surface area contributed by atoms with Crippen molar-refractivity contribution in [1.82, 2.24) is 24.5 Å². The number of carbonyl (C=O) groups is 1. The van der Waals surface area contributed by atoms with E-state index in [1.54, 1.807) is 6.92 Å². The van der Waals surface area contributed by atoms with E-state index in [9.17, 15) is 19.5 Å². The van der Waals surface area contributed by atoms with Crippen molar-refractivity contribution in [2.45, 2.75) is 31.7 Å². The minimum Gasteiger partial charge on any atom is -0.476 e. The summed E-state index contributed by atoms with van der Waals surface area (Å²) in [4.78, 5) is 36.5. The summed E-state index contributed by atoms with van der Waals surface area (Å²) < 4.78 is 8.19. The third-order valence-corrected chi connectivity index (χ3v) is 3.91. The highest BCUT2D eigenvalue weighted by molar-refractivity contribution is 5.84. The first kappa shape index (κ1) is 16.1. The Bertz CT molecular complexity index is 883. The summed E-state index contributed by atoms with van der Waals surface area (Å²) in [5.41, 5.74) is -0.993. The average Bonchev–Trinajstić information content (AvgIpc) is 3.17. The van der Waals surface area contributed by atoms with Crippen molar-refractivity contribution in [1.29, 1.82) is 0 Å². The number of aromatic amines is 1. The molecule has 0 radical (unpaired) electrons. The number of aliphatic hydroxyl groups excluding tert-OH is 1. The molecular formula is C13H15N5O6. The van der Waals surface area contributed by atoms with Crippen molar-refractivity contribution < 1.29 is 19.7 Å². The lowest BCUT2D eigenvalue weighted by Gasteiger charge is -2.15. The largest absolute Gasteiger partial charge is 0.476 e. The maximum Gasteiger partial charge on any atom is 0.358 e. The average molecular weight is 337 g/mol. The van der Waals surface area contributed by atoms with E-state index in [0.717, 1.165) is 0 Å². The summed E-state index contributed by atoms with van der Waals surface area (Å²) in [7, 11) is 0. The molecule has 11 heteroatoms. The molecule has 3 heterocycles. The number of rotatable bonds is 4. The summed E-state index contributed by atoms with van der Waals surface area (Å²) in [6.07, 6.45) is 1.44. The van der Waals surface area contributed by atoms with Gasteiger partial charge in [0.1, 0.15) is 12.3 Å². The maximum atomic E-state index is 12.0. The molecule has 3 N–H and O–H groups in total. The topological polar surface area (TPSA) is 152 Å². The number of hydrogen-bond donors (Lipinski definition) is 3. The van der Waals surface area contributed by atoms with Gasteiger partial charge in [0.05, 0.1) is 18.8 Å². The fourth-order valence-electron chi connectivity index (χ4n) is 2.67. The number of nitrogens with zero attached hydrogens (tertiary/aromatic N) is 4. The summed E-state index contributed by atoms with van der Waals surface area (Å²) in [5, 5.41) is 25.7. The highest BCUT2D eigenvalue weighted by atomic mass is 16.5. The smallest absolute Gasteiger partial charge is 0.358 e. The normalized spacial score (nSPS) is 23.5. The fourth-order valence-corrected chi connectivity index (χ4v) is 2.67. The second kappa shape index (κ2) is 6.02. The van der Waals surface area contributed by atoms with Crippen LogP contribution in [0.2, 0.25) is 0 Å². The van der Waals surface area contributed by atoms with Crippen molar-refractivity contribution in [3.63, 3.8) is 0 Å². The Morgan fingerprint density at radius 1 is 1.46 bits per heavy atom. The molecule has 1 fully saturated rings. The van der Waals surface area contributed by atoms with Gasteiger partial charge < -0.3 is 14.9 Å². The zero-order chi connectivity index (χ0) is 17.4. The van der Waals surface area contributed by atoms with E-state index in [0.29, 0.717) is 5.56 Å². The summed E-state index contributed by atoms with van der Waals surface area (Å²) in [6.45, 7) is 1.21. The van der Waals surface area contributed by atoms with Crippen LogP contribution in [0.5, 0.6) is 0 Å². The highest BCUT2D eigenvalue weighted by Crippen LogP contribution is 2.35. The predicted molar refractivity (Wildman–Crippen MR) is 77.7 cm³/mol. The first-order valence-electron chi connectivity index (χ1n) is 7.14. The van der Waals surface area contributed by atoms with Gasteiger partial charge in [-0.25, -0.2) is 14.3 Å². The van der Waals surface area contributed by atoms with E-state index >= 15 is 0 Å². The standard InChI is InChI=1S/C13H15N5O6/c1-6-3-17(13(23)14-11(6)20)10-2-8(9(5-19)24-10)18-4-7(12(21)22)15-16-18/h3-4,8-10,19H,2,5H2,1H3,(H,21,22)(H,14,20,23)/t8-,9+,10+/m0/s1. The molecule has 128 valence electrons. The molecule has 0 saturated carbocycles. The molecular weight excluding hydrogens is 322 g/mol. The van der Waals surface area contributed by atoms with Crippen LogP contribution in [-0.4, -0.2) is 53.4 Å². The van der Waals surface area contributed by atoms with Gasteiger partial charge in [-0.15, -0.1) is 5.10 Å². The number of aryl methyl sites for hydroxylation is 1. The third kappa shape index (κ3) is 2.74. The molecule has 0 amide bonds. The Labute approximate surface area is 134 Å². The molecule has 24 heavy (non-hydrogen) atoms. The van der Waals surface area contributed by atoms with Crippen molar-refractivity contribution in [2.75, 3.05) is 6.61 Å². The van der Waals surface area contributed by atoms with E-state index in [1.807, 2.05) is 0 Å². The van der Waals surface area contributed by atoms with E-state index in [-0.39, 0.29) is 18.7 Å². The van der Waals surface area contributed by atoms with Crippen LogP contribution in [0, 0.1) is 6.92 Å². The van der Waals surface area contributed by atoms with Crippen molar-refractivity contribution in [3.8, 4) is 0 Å². The molecule has 3 atom stereocenters. The SMILES string of the molecule is Cc1cn([C@H]2C[C@H](n3cc(C(=O)O)nn3)[C@@H](CO)O2)c(=O)[nH]c1=O. The lowest BCUT2D eigenvalue weighted by molar-refractivity contribution is -0.0323. The minimum atomic E-state index is -1.22. The highest BCUT2D eigenvalue weighted by Gasteiger charge is 2.38. The van der Waals surface area contributed by atoms with Crippen LogP contribution in [0.4, 0.5) is 0 Å². The monoisotopic (exact) mass is 337 g/mol. The fraction of sp³-hybridized carbons (Fsp3) is 0.462. The number of carboxylic acid groups (broad SMARTS) is 1. The van der Waals surface area contributed by atoms with Crippen molar-refractivity contribution in [2.24, 2.45) is 0 Å². The summed E-state index contributed by atoms with van der Waals surface area (Å²) >= 11 is 0. The van der Waals surface area contributed by atoms with E-state index in [1.165, 1.54) is 21.6 Å². The van der Waals surface area contributed by atoms with Crippen LogP contribution in [0.1, 0.15) is 34.7 Å². The molecule has 0 aromatic carbocycles. The van der Waals surface area contributed by atoms with Crippen LogP contribution in [0.25, 0.3) is 0 Å². The number of aromatic nitrogens is 5. The first-order chi connectivity index (χ1) is 11.4. The van der Waals surface area contributed by atoms with Gasteiger partial charge in [-0.1, -0.05) is 5.21 Å². The Balaban J connectivity index is 1.92. The molecule has 1 aliphatic heterocycles. The number of ether oxygens (including phenoxy) is 1. The number of carboxylic acids is 1. The quantitative estimate of drug-likeness (QED) is 0.619. The van der Waals surface area contributed by atoms with E-state index < -0.39 is 35.6 Å². The van der Waals surface area contributed by atoms with Crippen LogP contribution in [0.3, 0.4) is 0 Å². The minimum absolute atomic E-state index is 0.229.